The van der Waals surface area contributed by atoms with Gasteiger partial charge in [0.15, 0.2) is 0 Å². The summed E-state index contributed by atoms with van der Waals surface area (Å²) in [5, 5.41) is 14.4. The zero-order valence-electron chi connectivity index (χ0n) is 16.4. The van der Waals surface area contributed by atoms with Gasteiger partial charge in [0.25, 0.3) is 0 Å². The molecule has 0 aliphatic heterocycles. The minimum atomic E-state index is -1.03. The third kappa shape index (κ3) is 5.87. The van der Waals surface area contributed by atoms with Gasteiger partial charge in [-0.1, -0.05) is 66.7 Å². The SMILES string of the molecule is O=C(C=Cc1cccnc1)NCCCCC(O)(c1ccccc1)c1ccccc1. The van der Waals surface area contributed by atoms with E-state index in [1.54, 1.807) is 18.5 Å². The molecule has 29 heavy (non-hydrogen) atoms. The highest BCUT2D eigenvalue weighted by Gasteiger charge is 2.30. The molecule has 148 valence electrons. The molecule has 0 bridgehead atoms. The Morgan fingerprint density at radius 3 is 2.17 bits per heavy atom. The fraction of sp³-hybridized carbons (Fsp3) is 0.200. The molecular formula is C25H26N2O2. The van der Waals surface area contributed by atoms with Crippen LogP contribution in [0, 0.1) is 0 Å². The van der Waals surface area contributed by atoms with Gasteiger partial charge in [-0.25, -0.2) is 0 Å². The van der Waals surface area contributed by atoms with Crippen molar-refractivity contribution in [3.05, 3.63) is 108 Å². The molecule has 2 N–H and O–H groups in total. The Morgan fingerprint density at radius 2 is 1.59 bits per heavy atom. The van der Waals surface area contributed by atoms with Crippen molar-refractivity contribution in [1.29, 1.82) is 0 Å². The van der Waals surface area contributed by atoms with Crippen molar-refractivity contribution in [2.75, 3.05) is 6.54 Å². The lowest BCUT2D eigenvalue weighted by Gasteiger charge is -2.29. The fourth-order valence-electron chi connectivity index (χ4n) is 3.31. The van der Waals surface area contributed by atoms with Crippen LogP contribution < -0.4 is 5.32 Å². The Hall–Kier alpha value is -3.24. The van der Waals surface area contributed by atoms with Gasteiger partial charge in [0.05, 0.1) is 0 Å². The second-order valence-electron chi connectivity index (χ2n) is 6.96. The van der Waals surface area contributed by atoms with E-state index in [-0.39, 0.29) is 5.91 Å². The molecule has 0 saturated carbocycles. The highest BCUT2D eigenvalue weighted by molar-refractivity contribution is 5.91. The monoisotopic (exact) mass is 386 g/mol. The van der Waals surface area contributed by atoms with Crippen LogP contribution in [-0.4, -0.2) is 22.5 Å². The summed E-state index contributed by atoms with van der Waals surface area (Å²) < 4.78 is 0. The van der Waals surface area contributed by atoms with Crippen LogP contribution >= 0.6 is 0 Å². The normalized spacial score (nSPS) is 11.5. The molecule has 0 fully saturated rings. The van der Waals surface area contributed by atoms with Gasteiger partial charge in [0.2, 0.25) is 5.91 Å². The number of unbranched alkanes of at least 4 members (excludes halogenated alkanes) is 1. The number of nitrogens with one attached hydrogen (secondary N) is 1. The van der Waals surface area contributed by atoms with Crippen molar-refractivity contribution in [2.45, 2.75) is 24.9 Å². The second-order valence-corrected chi connectivity index (χ2v) is 6.96. The molecule has 0 atom stereocenters. The first kappa shape index (κ1) is 20.5. The van der Waals surface area contributed by atoms with Gasteiger partial charge in [-0.3, -0.25) is 9.78 Å². The van der Waals surface area contributed by atoms with Crippen molar-refractivity contribution < 1.29 is 9.90 Å². The van der Waals surface area contributed by atoms with Gasteiger partial charge in [0.1, 0.15) is 5.60 Å². The van der Waals surface area contributed by atoms with Gasteiger partial charge < -0.3 is 10.4 Å². The number of pyridine rings is 1. The Bertz CT molecular complexity index is 870. The van der Waals surface area contributed by atoms with Gasteiger partial charge in [-0.2, -0.15) is 0 Å². The predicted molar refractivity (Wildman–Crippen MR) is 116 cm³/mol. The minimum Gasteiger partial charge on any atom is -0.380 e. The molecule has 3 rings (SSSR count). The standard InChI is InChI=1S/C25H26N2O2/c28-24(16-15-21-10-9-18-26-20-21)27-19-8-7-17-25(29,22-11-3-1-4-12-22)23-13-5-2-6-14-23/h1-6,9-16,18,20,29H,7-8,17,19H2,(H,27,28). The largest absolute Gasteiger partial charge is 0.380 e. The zero-order valence-corrected chi connectivity index (χ0v) is 16.4. The Kier molecular flexibility index (Phi) is 7.31. The Labute approximate surface area is 172 Å². The second kappa shape index (κ2) is 10.3. The Morgan fingerprint density at radius 1 is 0.931 bits per heavy atom. The summed E-state index contributed by atoms with van der Waals surface area (Å²) in [4.78, 5) is 16.0. The van der Waals surface area contributed by atoms with Crippen LogP contribution in [0.3, 0.4) is 0 Å². The summed E-state index contributed by atoms with van der Waals surface area (Å²) in [5.74, 6) is -0.129. The maximum atomic E-state index is 12.0. The summed E-state index contributed by atoms with van der Waals surface area (Å²) in [6.07, 6.45) is 8.82. The smallest absolute Gasteiger partial charge is 0.243 e. The molecular weight excluding hydrogens is 360 g/mol. The maximum absolute atomic E-state index is 12.0. The van der Waals surface area contributed by atoms with Gasteiger partial charge >= 0.3 is 0 Å². The lowest BCUT2D eigenvalue weighted by molar-refractivity contribution is -0.116. The van der Waals surface area contributed by atoms with Crippen LogP contribution in [0.2, 0.25) is 0 Å². The van der Waals surface area contributed by atoms with Crippen molar-refractivity contribution in [2.24, 2.45) is 0 Å². The average Bonchev–Trinajstić information content (AvgIpc) is 2.79. The number of carbonyl (C=O) groups is 1. The van der Waals surface area contributed by atoms with Crippen LogP contribution in [0.5, 0.6) is 0 Å². The van der Waals surface area contributed by atoms with Crippen molar-refractivity contribution >= 4 is 12.0 Å². The molecule has 1 aromatic heterocycles. The molecule has 1 heterocycles. The first-order valence-electron chi connectivity index (χ1n) is 9.88. The first-order chi connectivity index (χ1) is 14.2. The number of amides is 1. The van der Waals surface area contributed by atoms with E-state index in [9.17, 15) is 9.90 Å². The fourth-order valence-corrected chi connectivity index (χ4v) is 3.31. The highest BCUT2D eigenvalue weighted by Crippen LogP contribution is 2.34. The number of aliphatic hydroxyl groups is 1. The summed E-state index contributed by atoms with van der Waals surface area (Å²) in [6, 6.07) is 23.2. The van der Waals surface area contributed by atoms with E-state index < -0.39 is 5.60 Å². The van der Waals surface area contributed by atoms with E-state index in [4.69, 9.17) is 0 Å². The molecule has 1 amide bonds. The van der Waals surface area contributed by atoms with Gasteiger partial charge in [-0.15, -0.1) is 0 Å². The number of hydrogen-bond donors (Lipinski definition) is 2. The number of hydrogen-bond acceptors (Lipinski definition) is 3. The number of rotatable bonds is 9. The molecule has 0 aliphatic rings. The van der Waals surface area contributed by atoms with Crippen LogP contribution in [-0.2, 0) is 10.4 Å². The van der Waals surface area contributed by atoms with Gasteiger partial charge in [0, 0.05) is 25.0 Å². The third-order valence-electron chi connectivity index (χ3n) is 4.88. The van der Waals surface area contributed by atoms with Crippen molar-refractivity contribution in [1.82, 2.24) is 10.3 Å². The molecule has 0 radical (unpaired) electrons. The molecule has 2 aromatic carbocycles. The van der Waals surface area contributed by atoms with E-state index in [1.165, 1.54) is 6.08 Å². The van der Waals surface area contributed by atoms with E-state index in [0.717, 1.165) is 29.5 Å². The first-order valence-corrected chi connectivity index (χ1v) is 9.88. The maximum Gasteiger partial charge on any atom is 0.243 e. The topological polar surface area (TPSA) is 62.2 Å². The van der Waals surface area contributed by atoms with Crippen LogP contribution in [0.25, 0.3) is 6.08 Å². The molecule has 3 aromatic rings. The van der Waals surface area contributed by atoms with E-state index >= 15 is 0 Å². The summed E-state index contributed by atoms with van der Waals surface area (Å²) >= 11 is 0. The van der Waals surface area contributed by atoms with Crippen LogP contribution in [0.1, 0.15) is 36.0 Å². The quantitative estimate of drug-likeness (QED) is 0.425. The molecule has 4 nitrogen and oxygen atoms in total. The summed E-state index contributed by atoms with van der Waals surface area (Å²) in [7, 11) is 0. The Balaban J connectivity index is 1.52. The number of benzene rings is 2. The highest BCUT2D eigenvalue weighted by atomic mass is 16.3. The van der Waals surface area contributed by atoms with Gasteiger partial charge in [-0.05, 0) is 48.1 Å². The van der Waals surface area contributed by atoms with E-state index in [2.05, 4.69) is 10.3 Å². The molecule has 0 spiro atoms. The van der Waals surface area contributed by atoms with Crippen LogP contribution in [0.4, 0.5) is 0 Å². The summed E-state index contributed by atoms with van der Waals surface area (Å²) in [5.41, 5.74) is 1.62. The molecule has 0 saturated heterocycles. The number of carbonyl (C=O) groups excluding carboxylic acids is 1. The molecule has 0 aliphatic carbocycles. The zero-order chi connectivity index (χ0) is 20.4. The lowest BCUT2D eigenvalue weighted by Crippen LogP contribution is -2.28. The lowest BCUT2D eigenvalue weighted by atomic mass is 9.82. The predicted octanol–water partition coefficient (Wildman–Crippen LogP) is 4.32. The van der Waals surface area contributed by atoms with E-state index in [1.807, 2.05) is 72.8 Å². The van der Waals surface area contributed by atoms with Crippen LogP contribution in [0.15, 0.2) is 91.3 Å². The molecule has 0 unspecified atom stereocenters. The summed E-state index contributed by atoms with van der Waals surface area (Å²) in [6.45, 7) is 0.565. The van der Waals surface area contributed by atoms with Crippen molar-refractivity contribution in [3.8, 4) is 0 Å². The minimum absolute atomic E-state index is 0.129. The number of aromatic nitrogens is 1. The number of nitrogens with zero attached hydrogens (tertiary/aromatic N) is 1. The molecule has 4 heteroatoms. The van der Waals surface area contributed by atoms with E-state index in [0.29, 0.717) is 13.0 Å². The average molecular weight is 386 g/mol. The van der Waals surface area contributed by atoms with Crippen molar-refractivity contribution in [3.63, 3.8) is 0 Å². The third-order valence-corrected chi connectivity index (χ3v) is 4.88.